The van der Waals surface area contributed by atoms with Crippen molar-refractivity contribution in [2.24, 2.45) is 0 Å². The molecule has 21 heavy (non-hydrogen) atoms. The van der Waals surface area contributed by atoms with Crippen molar-refractivity contribution < 1.29 is 9.53 Å². The van der Waals surface area contributed by atoms with Crippen LogP contribution in [0.15, 0.2) is 29.2 Å². The summed E-state index contributed by atoms with van der Waals surface area (Å²) >= 11 is 1.55. The zero-order valence-corrected chi connectivity index (χ0v) is 14.1. The first kappa shape index (κ1) is 18.0. The number of benzene rings is 1. The number of nitrogens with one attached hydrogen (secondary N) is 2. The van der Waals surface area contributed by atoms with Gasteiger partial charge in [-0.2, -0.15) is 0 Å². The van der Waals surface area contributed by atoms with Gasteiger partial charge in [-0.05, 0) is 38.1 Å². The second kappa shape index (κ2) is 9.82. The van der Waals surface area contributed by atoms with E-state index in [2.05, 4.69) is 48.7 Å². The maximum absolute atomic E-state index is 11.8. The van der Waals surface area contributed by atoms with E-state index in [0.29, 0.717) is 18.4 Å². The van der Waals surface area contributed by atoms with E-state index in [0.717, 1.165) is 11.4 Å². The van der Waals surface area contributed by atoms with Gasteiger partial charge in [-0.15, -0.1) is 11.8 Å². The number of carbonyl (C=O) groups is 1. The first-order valence-electron chi connectivity index (χ1n) is 7.31. The molecular weight excluding hydrogens is 284 g/mol. The third-order valence-electron chi connectivity index (χ3n) is 3.08. The summed E-state index contributed by atoms with van der Waals surface area (Å²) in [6, 6.07) is 8.76. The van der Waals surface area contributed by atoms with E-state index in [-0.39, 0.29) is 11.9 Å². The monoisotopic (exact) mass is 310 g/mol. The first-order chi connectivity index (χ1) is 10.1. The van der Waals surface area contributed by atoms with Gasteiger partial charge in [0.15, 0.2) is 0 Å². The van der Waals surface area contributed by atoms with E-state index in [4.69, 9.17) is 4.74 Å². The standard InChI is InChI=1S/C16H26N2O2S/c1-5-17-13(3)14-6-8-15(9-7-14)21-11-16(19)18-12(2)10-20-4/h6-9,12-13,17H,5,10-11H2,1-4H3,(H,18,19). The fourth-order valence-corrected chi connectivity index (χ4v) is 2.74. The molecule has 4 nitrogen and oxygen atoms in total. The van der Waals surface area contributed by atoms with Gasteiger partial charge in [-0.1, -0.05) is 19.1 Å². The maximum atomic E-state index is 11.8. The number of methoxy groups -OCH3 is 1. The molecule has 2 atom stereocenters. The highest BCUT2D eigenvalue weighted by molar-refractivity contribution is 8.00. The molecule has 1 rings (SSSR count). The van der Waals surface area contributed by atoms with Crippen molar-refractivity contribution in [3.8, 4) is 0 Å². The van der Waals surface area contributed by atoms with Crippen LogP contribution in [0.1, 0.15) is 32.4 Å². The van der Waals surface area contributed by atoms with Crippen LogP contribution >= 0.6 is 11.8 Å². The molecule has 118 valence electrons. The molecular formula is C16H26N2O2S. The van der Waals surface area contributed by atoms with Gasteiger partial charge in [0.1, 0.15) is 0 Å². The van der Waals surface area contributed by atoms with E-state index in [1.807, 2.05) is 6.92 Å². The molecule has 1 aromatic rings. The summed E-state index contributed by atoms with van der Waals surface area (Å²) in [5.41, 5.74) is 1.26. The SMILES string of the molecule is CCNC(C)c1ccc(SCC(=O)NC(C)COC)cc1. The summed E-state index contributed by atoms with van der Waals surface area (Å²) in [4.78, 5) is 12.9. The lowest BCUT2D eigenvalue weighted by Gasteiger charge is -2.14. The molecule has 2 unspecified atom stereocenters. The second-order valence-electron chi connectivity index (χ2n) is 5.06. The Balaban J connectivity index is 2.40. The predicted octanol–water partition coefficient (Wildman–Crippen LogP) is 2.60. The summed E-state index contributed by atoms with van der Waals surface area (Å²) in [5, 5.41) is 6.28. The minimum absolute atomic E-state index is 0.0367. The van der Waals surface area contributed by atoms with Crippen LogP contribution in [0.3, 0.4) is 0 Å². The molecule has 0 bridgehead atoms. The number of thioether (sulfide) groups is 1. The van der Waals surface area contributed by atoms with Crippen LogP contribution in [0.5, 0.6) is 0 Å². The van der Waals surface area contributed by atoms with Gasteiger partial charge in [0, 0.05) is 24.1 Å². The Hall–Kier alpha value is -1.04. The molecule has 5 heteroatoms. The quantitative estimate of drug-likeness (QED) is 0.688. The number of ether oxygens (including phenoxy) is 1. The Bertz CT molecular complexity index is 423. The number of rotatable bonds is 9. The molecule has 0 spiro atoms. The summed E-state index contributed by atoms with van der Waals surface area (Å²) < 4.78 is 5.00. The lowest BCUT2D eigenvalue weighted by Crippen LogP contribution is -2.36. The largest absolute Gasteiger partial charge is 0.383 e. The van der Waals surface area contributed by atoms with Crippen molar-refractivity contribution in [2.75, 3.05) is 26.0 Å². The molecule has 0 aliphatic carbocycles. The zero-order valence-electron chi connectivity index (χ0n) is 13.3. The Kier molecular flexibility index (Phi) is 8.42. The molecule has 2 N–H and O–H groups in total. The summed E-state index contributed by atoms with van der Waals surface area (Å²) in [6.07, 6.45) is 0. The van der Waals surface area contributed by atoms with E-state index < -0.39 is 0 Å². The van der Waals surface area contributed by atoms with Crippen molar-refractivity contribution >= 4 is 17.7 Å². The van der Waals surface area contributed by atoms with Gasteiger partial charge in [0.25, 0.3) is 0 Å². The smallest absolute Gasteiger partial charge is 0.230 e. The van der Waals surface area contributed by atoms with E-state index in [1.165, 1.54) is 5.56 Å². The molecule has 0 aromatic heterocycles. The van der Waals surface area contributed by atoms with Crippen LogP contribution in [0.25, 0.3) is 0 Å². The normalized spacial score (nSPS) is 13.7. The van der Waals surface area contributed by atoms with Gasteiger partial charge in [0.2, 0.25) is 5.91 Å². The third-order valence-corrected chi connectivity index (χ3v) is 4.10. The highest BCUT2D eigenvalue weighted by Crippen LogP contribution is 2.20. The van der Waals surface area contributed by atoms with Crippen molar-refractivity contribution in [1.29, 1.82) is 0 Å². The fourth-order valence-electron chi connectivity index (χ4n) is 2.03. The molecule has 0 saturated carbocycles. The predicted molar refractivity (Wildman–Crippen MR) is 88.7 cm³/mol. The van der Waals surface area contributed by atoms with Crippen LogP contribution in [0.4, 0.5) is 0 Å². The van der Waals surface area contributed by atoms with Crippen LogP contribution in [-0.4, -0.2) is 38.0 Å². The fraction of sp³-hybridized carbons (Fsp3) is 0.562. The van der Waals surface area contributed by atoms with Gasteiger partial charge in [0.05, 0.1) is 12.4 Å². The Labute approximate surface area is 132 Å². The first-order valence-corrected chi connectivity index (χ1v) is 8.29. The average Bonchev–Trinajstić information content (AvgIpc) is 2.46. The molecule has 0 aliphatic rings. The zero-order chi connectivity index (χ0) is 15.7. The minimum atomic E-state index is 0.0367. The van der Waals surface area contributed by atoms with E-state index in [1.54, 1.807) is 18.9 Å². The molecule has 0 fully saturated rings. The summed E-state index contributed by atoms with van der Waals surface area (Å²) in [5.74, 6) is 0.463. The number of hydrogen-bond donors (Lipinski definition) is 2. The Morgan fingerprint density at radius 3 is 2.52 bits per heavy atom. The Morgan fingerprint density at radius 1 is 1.29 bits per heavy atom. The van der Waals surface area contributed by atoms with Gasteiger partial charge < -0.3 is 15.4 Å². The Morgan fingerprint density at radius 2 is 1.95 bits per heavy atom. The van der Waals surface area contributed by atoms with E-state index >= 15 is 0 Å². The van der Waals surface area contributed by atoms with Gasteiger partial charge in [-0.3, -0.25) is 4.79 Å². The van der Waals surface area contributed by atoms with Crippen LogP contribution in [0.2, 0.25) is 0 Å². The molecule has 0 saturated heterocycles. The van der Waals surface area contributed by atoms with Crippen LogP contribution in [0, 0.1) is 0 Å². The molecule has 0 aliphatic heterocycles. The number of hydrogen-bond acceptors (Lipinski definition) is 4. The molecule has 1 aromatic carbocycles. The van der Waals surface area contributed by atoms with Crippen molar-refractivity contribution in [2.45, 2.75) is 37.8 Å². The van der Waals surface area contributed by atoms with Crippen LogP contribution in [-0.2, 0) is 9.53 Å². The number of amides is 1. The van der Waals surface area contributed by atoms with Gasteiger partial charge in [-0.25, -0.2) is 0 Å². The third kappa shape index (κ3) is 6.98. The maximum Gasteiger partial charge on any atom is 0.230 e. The lowest BCUT2D eigenvalue weighted by molar-refractivity contribution is -0.119. The summed E-state index contributed by atoms with van der Waals surface area (Å²) in [7, 11) is 1.63. The van der Waals surface area contributed by atoms with Crippen LogP contribution < -0.4 is 10.6 Å². The molecule has 1 amide bonds. The molecule has 0 heterocycles. The average molecular weight is 310 g/mol. The molecule has 0 radical (unpaired) electrons. The lowest BCUT2D eigenvalue weighted by atomic mass is 10.1. The minimum Gasteiger partial charge on any atom is -0.383 e. The topological polar surface area (TPSA) is 50.4 Å². The summed E-state index contributed by atoms with van der Waals surface area (Å²) in [6.45, 7) is 7.67. The highest BCUT2D eigenvalue weighted by Gasteiger charge is 2.08. The van der Waals surface area contributed by atoms with Crippen molar-refractivity contribution in [3.63, 3.8) is 0 Å². The number of carbonyl (C=O) groups excluding carboxylic acids is 1. The van der Waals surface area contributed by atoms with E-state index in [9.17, 15) is 4.79 Å². The highest BCUT2D eigenvalue weighted by atomic mass is 32.2. The van der Waals surface area contributed by atoms with Crippen molar-refractivity contribution in [1.82, 2.24) is 10.6 Å². The second-order valence-corrected chi connectivity index (χ2v) is 6.11. The van der Waals surface area contributed by atoms with Crippen molar-refractivity contribution in [3.05, 3.63) is 29.8 Å². The van der Waals surface area contributed by atoms with Gasteiger partial charge >= 0.3 is 0 Å².